The van der Waals surface area contributed by atoms with Crippen molar-refractivity contribution in [2.45, 2.75) is 38.0 Å². The number of hydrogen-bond acceptors (Lipinski definition) is 1. The first-order valence-corrected chi connectivity index (χ1v) is 8.27. The maximum atomic E-state index is 12.2. The third-order valence-corrected chi connectivity index (χ3v) is 5.86. The average Bonchev–Trinajstić information content (AvgIpc) is 2.82. The van der Waals surface area contributed by atoms with Crippen molar-refractivity contribution >= 4 is 5.78 Å². The summed E-state index contributed by atoms with van der Waals surface area (Å²) in [5.74, 6) is 2.97. The molecule has 5 atom stereocenters. The summed E-state index contributed by atoms with van der Waals surface area (Å²) >= 11 is 0. The van der Waals surface area contributed by atoms with Crippen LogP contribution in [0.15, 0.2) is 48.6 Å². The van der Waals surface area contributed by atoms with Gasteiger partial charge in [0.1, 0.15) is 5.78 Å². The van der Waals surface area contributed by atoms with Crippen LogP contribution in [0.5, 0.6) is 0 Å². The van der Waals surface area contributed by atoms with Crippen LogP contribution in [0, 0.1) is 17.8 Å². The highest BCUT2D eigenvalue weighted by Crippen LogP contribution is 2.58. The highest BCUT2D eigenvalue weighted by Gasteiger charge is 2.49. The van der Waals surface area contributed by atoms with Crippen molar-refractivity contribution in [1.29, 1.82) is 0 Å². The number of Topliss-reactive ketones (excluding diaryl/α,β-unsaturated/α-hetero) is 1. The predicted octanol–water partition coefficient (Wildman–Crippen LogP) is 4.61. The highest BCUT2D eigenvalue weighted by atomic mass is 16.1. The molecule has 0 bridgehead atoms. The minimum atomic E-state index is 0.311. The third-order valence-electron chi connectivity index (χ3n) is 5.86. The second kappa shape index (κ2) is 4.98. The summed E-state index contributed by atoms with van der Waals surface area (Å²) in [5.41, 5.74) is 2.99. The zero-order chi connectivity index (χ0) is 14.4. The molecule has 0 saturated heterocycles. The van der Waals surface area contributed by atoms with E-state index in [1.54, 1.807) is 0 Å². The molecule has 0 heterocycles. The van der Waals surface area contributed by atoms with Gasteiger partial charge in [0.25, 0.3) is 0 Å². The SMILES string of the molecule is CCC(=O)C1CC[C@H]1C1c2ccccc2C2C=CC=CC21. The van der Waals surface area contributed by atoms with Gasteiger partial charge >= 0.3 is 0 Å². The normalized spacial score (nSPS) is 36.0. The van der Waals surface area contributed by atoms with E-state index in [0.29, 0.717) is 41.8 Å². The summed E-state index contributed by atoms with van der Waals surface area (Å²) in [7, 11) is 0. The Morgan fingerprint density at radius 2 is 1.86 bits per heavy atom. The van der Waals surface area contributed by atoms with E-state index in [1.165, 1.54) is 17.5 Å². The molecule has 0 N–H and O–H groups in total. The zero-order valence-electron chi connectivity index (χ0n) is 12.5. The summed E-state index contributed by atoms with van der Waals surface area (Å²) in [4.78, 5) is 12.2. The molecular formula is C20H22O. The second-order valence-corrected chi connectivity index (χ2v) is 6.70. The molecule has 1 nitrogen and oxygen atoms in total. The van der Waals surface area contributed by atoms with Crippen LogP contribution in [-0.4, -0.2) is 5.78 Å². The number of ketones is 1. The van der Waals surface area contributed by atoms with E-state index < -0.39 is 0 Å². The minimum Gasteiger partial charge on any atom is -0.299 e. The van der Waals surface area contributed by atoms with Gasteiger partial charge in [0.2, 0.25) is 0 Å². The van der Waals surface area contributed by atoms with Gasteiger partial charge in [-0.05, 0) is 41.7 Å². The Balaban J connectivity index is 1.73. The van der Waals surface area contributed by atoms with Crippen molar-refractivity contribution in [3.8, 4) is 0 Å². The Bertz CT molecular complexity index is 624. The molecule has 0 aromatic heterocycles. The van der Waals surface area contributed by atoms with E-state index in [2.05, 4.69) is 48.6 Å². The molecule has 3 aliphatic carbocycles. The van der Waals surface area contributed by atoms with Crippen LogP contribution in [0.4, 0.5) is 0 Å². The van der Waals surface area contributed by atoms with E-state index in [1.807, 2.05) is 6.92 Å². The molecule has 4 rings (SSSR count). The van der Waals surface area contributed by atoms with E-state index in [0.717, 1.165) is 6.42 Å². The lowest BCUT2D eigenvalue weighted by Crippen LogP contribution is -2.38. The number of rotatable bonds is 3. The van der Waals surface area contributed by atoms with Gasteiger partial charge in [-0.2, -0.15) is 0 Å². The molecule has 0 aliphatic heterocycles. The number of allylic oxidation sites excluding steroid dienone is 4. The highest BCUT2D eigenvalue weighted by molar-refractivity contribution is 5.82. The molecule has 21 heavy (non-hydrogen) atoms. The molecular weight excluding hydrogens is 256 g/mol. The van der Waals surface area contributed by atoms with Crippen molar-refractivity contribution in [3.05, 3.63) is 59.7 Å². The standard InChI is InChI=1S/C20H22O/c1-2-19(21)15-11-12-18(15)20-16-9-5-3-7-13(16)14-8-4-6-10-17(14)20/h3-10,13,15-16,18,20H,2,11-12H2,1H3/t13?,15?,16?,18-,20?/m1/s1. The maximum absolute atomic E-state index is 12.2. The summed E-state index contributed by atoms with van der Waals surface area (Å²) in [6, 6.07) is 8.89. The molecule has 1 aromatic rings. The Kier molecular flexibility index (Phi) is 3.10. The Morgan fingerprint density at radius 3 is 2.57 bits per heavy atom. The molecule has 0 radical (unpaired) electrons. The Labute approximate surface area is 126 Å². The Morgan fingerprint density at radius 1 is 1.10 bits per heavy atom. The van der Waals surface area contributed by atoms with Crippen molar-refractivity contribution in [2.75, 3.05) is 0 Å². The zero-order valence-corrected chi connectivity index (χ0v) is 12.5. The van der Waals surface area contributed by atoms with Gasteiger partial charge < -0.3 is 0 Å². The number of benzene rings is 1. The third kappa shape index (κ3) is 1.87. The summed E-state index contributed by atoms with van der Waals surface area (Å²) in [6.07, 6.45) is 12.1. The van der Waals surface area contributed by atoms with Gasteiger partial charge in [0.05, 0.1) is 0 Å². The second-order valence-electron chi connectivity index (χ2n) is 6.70. The molecule has 108 valence electrons. The smallest absolute Gasteiger partial charge is 0.136 e. The van der Waals surface area contributed by atoms with Crippen LogP contribution in [0.1, 0.15) is 49.1 Å². The fraction of sp³-hybridized carbons (Fsp3) is 0.450. The van der Waals surface area contributed by atoms with Crippen molar-refractivity contribution in [2.24, 2.45) is 17.8 Å². The summed E-state index contributed by atoms with van der Waals surface area (Å²) < 4.78 is 0. The van der Waals surface area contributed by atoms with Crippen LogP contribution in [-0.2, 0) is 4.79 Å². The van der Waals surface area contributed by atoms with Gasteiger partial charge in [-0.25, -0.2) is 0 Å². The topological polar surface area (TPSA) is 17.1 Å². The Hall–Kier alpha value is -1.63. The first kappa shape index (κ1) is 13.1. The lowest BCUT2D eigenvalue weighted by molar-refractivity contribution is -0.128. The van der Waals surface area contributed by atoms with Crippen molar-refractivity contribution in [3.63, 3.8) is 0 Å². The predicted molar refractivity (Wildman–Crippen MR) is 85.2 cm³/mol. The number of fused-ring (bicyclic) bond motifs is 3. The quantitative estimate of drug-likeness (QED) is 0.788. The van der Waals surface area contributed by atoms with Gasteiger partial charge in [-0.15, -0.1) is 0 Å². The molecule has 0 amide bonds. The molecule has 0 spiro atoms. The largest absolute Gasteiger partial charge is 0.299 e. The van der Waals surface area contributed by atoms with Gasteiger partial charge in [-0.1, -0.05) is 55.5 Å². The van der Waals surface area contributed by atoms with Crippen molar-refractivity contribution in [1.82, 2.24) is 0 Å². The molecule has 1 aromatic carbocycles. The monoisotopic (exact) mass is 278 g/mol. The molecule has 4 unspecified atom stereocenters. The molecule has 1 fully saturated rings. The van der Waals surface area contributed by atoms with E-state index in [4.69, 9.17) is 0 Å². The van der Waals surface area contributed by atoms with E-state index in [-0.39, 0.29) is 0 Å². The van der Waals surface area contributed by atoms with E-state index in [9.17, 15) is 4.79 Å². The van der Waals surface area contributed by atoms with Gasteiger partial charge in [0.15, 0.2) is 0 Å². The van der Waals surface area contributed by atoms with Gasteiger partial charge in [0, 0.05) is 18.3 Å². The summed E-state index contributed by atoms with van der Waals surface area (Å²) in [5, 5.41) is 0. The summed E-state index contributed by atoms with van der Waals surface area (Å²) in [6.45, 7) is 2.01. The van der Waals surface area contributed by atoms with Crippen LogP contribution >= 0.6 is 0 Å². The first-order chi connectivity index (χ1) is 10.3. The molecule has 1 saturated carbocycles. The van der Waals surface area contributed by atoms with Gasteiger partial charge in [-0.3, -0.25) is 4.79 Å². The van der Waals surface area contributed by atoms with Crippen LogP contribution in [0.3, 0.4) is 0 Å². The van der Waals surface area contributed by atoms with Crippen LogP contribution in [0.2, 0.25) is 0 Å². The number of carbonyl (C=O) groups is 1. The van der Waals surface area contributed by atoms with Crippen molar-refractivity contribution < 1.29 is 4.79 Å². The maximum Gasteiger partial charge on any atom is 0.136 e. The molecule has 3 aliphatic rings. The number of hydrogen-bond donors (Lipinski definition) is 0. The minimum absolute atomic E-state index is 0.311. The lowest BCUT2D eigenvalue weighted by atomic mass is 9.61. The van der Waals surface area contributed by atoms with E-state index >= 15 is 0 Å². The number of carbonyl (C=O) groups excluding carboxylic acids is 1. The lowest BCUT2D eigenvalue weighted by Gasteiger charge is -2.42. The average molecular weight is 278 g/mol. The van der Waals surface area contributed by atoms with Crippen LogP contribution in [0.25, 0.3) is 0 Å². The molecule has 1 heteroatoms. The fourth-order valence-electron chi connectivity index (χ4n) is 4.74. The van der Waals surface area contributed by atoms with Crippen LogP contribution < -0.4 is 0 Å². The fourth-order valence-corrected chi connectivity index (χ4v) is 4.74. The first-order valence-electron chi connectivity index (χ1n) is 8.27.